The number of hydrogen-bond acceptors (Lipinski definition) is 7. The van der Waals surface area contributed by atoms with Gasteiger partial charge >= 0.3 is 0 Å². The van der Waals surface area contributed by atoms with Crippen LogP contribution in [0.3, 0.4) is 0 Å². The molecule has 2 aromatic rings. The molecule has 3 N–H and O–H groups in total. The predicted molar refractivity (Wildman–Crippen MR) is 91.3 cm³/mol. The highest BCUT2D eigenvalue weighted by Gasteiger charge is 2.16. The summed E-state index contributed by atoms with van der Waals surface area (Å²) in [6, 6.07) is 3.27. The Morgan fingerprint density at radius 1 is 1.17 bits per heavy atom. The van der Waals surface area contributed by atoms with Gasteiger partial charge in [0.25, 0.3) is 5.91 Å². The topological polar surface area (TPSA) is 95.7 Å². The number of aromatic nitrogens is 1. The number of rotatable bonds is 6. The van der Waals surface area contributed by atoms with E-state index in [-0.39, 0.29) is 18.3 Å². The number of anilines is 1. The van der Waals surface area contributed by atoms with Gasteiger partial charge in [0, 0.05) is 24.1 Å². The molecule has 0 aliphatic heterocycles. The molecule has 0 radical (unpaired) electrons. The second kappa shape index (κ2) is 8.56. The zero-order valence-electron chi connectivity index (χ0n) is 12.9. The highest BCUT2D eigenvalue weighted by Crippen LogP contribution is 2.37. The normalized spacial score (nSPS) is 9.74. The summed E-state index contributed by atoms with van der Waals surface area (Å²) in [4.78, 5) is 16.4. The van der Waals surface area contributed by atoms with Gasteiger partial charge in [-0.3, -0.25) is 4.79 Å². The standard InChI is InChI=1S/C14H17N3O4S.ClH/c1-19-10-5-12(21-3)11(20-2)4-8(10)17-14(18)9-7-22-13(6-15)16-9;/h4-5,7H,6,15H2,1-3H3,(H,17,18);1H. The molecule has 0 unspecified atom stereocenters. The van der Waals surface area contributed by atoms with E-state index < -0.39 is 0 Å². The second-order valence-corrected chi connectivity index (χ2v) is 5.13. The van der Waals surface area contributed by atoms with Crippen molar-refractivity contribution in [2.24, 2.45) is 5.73 Å². The first-order valence-electron chi connectivity index (χ1n) is 6.38. The van der Waals surface area contributed by atoms with Crippen molar-refractivity contribution >= 4 is 35.3 Å². The molecule has 1 aromatic carbocycles. The molecule has 7 nitrogen and oxygen atoms in total. The van der Waals surface area contributed by atoms with Crippen LogP contribution in [0.4, 0.5) is 5.69 Å². The van der Waals surface area contributed by atoms with Gasteiger partial charge in [-0.25, -0.2) is 4.98 Å². The van der Waals surface area contributed by atoms with E-state index in [1.807, 2.05) is 0 Å². The third-order valence-corrected chi connectivity index (χ3v) is 3.78. The second-order valence-electron chi connectivity index (χ2n) is 4.19. The summed E-state index contributed by atoms with van der Waals surface area (Å²) in [5.74, 6) is 1.11. The SMILES string of the molecule is COc1cc(OC)c(OC)cc1NC(=O)c1csc(CN)n1.Cl. The van der Waals surface area contributed by atoms with Crippen molar-refractivity contribution in [1.82, 2.24) is 4.98 Å². The molecule has 0 saturated carbocycles. The van der Waals surface area contributed by atoms with E-state index in [0.717, 1.165) is 0 Å². The Balaban J connectivity index is 0.00000264. The Morgan fingerprint density at radius 3 is 2.30 bits per heavy atom. The zero-order valence-corrected chi connectivity index (χ0v) is 14.5. The number of thiazole rings is 1. The smallest absolute Gasteiger partial charge is 0.275 e. The van der Waals surface area contributed by atoms with Gasteiger partial charge in [0.2, 0.25) is 0 Å². The lowest BCUT2D eigenvalue weighted by molar-refractivity contribution is 0.102. The van der Waals surface area contributed by atoms with Crippen LogP contribution in [-0.2, 0) is 6.54 Å². The number of carbonyl (C=O) groups excluding carboxylic acids is 1. The van der Waals surface area contributed by atoms with E-state index in [2.05, 4.69) is 10.3 Å². The van der Waals surface area contributed by atoms with E-state index in [4.69, 9.17) is 19.9 Å². The number of nitrogens with two attached hydrogens (primary N) is 1. The molecular weight excluding hydrogens is 342 g/mol. The highest BCUT2D eigenvalue weighted by atomic mass is 35.5. The number of halogens is 1. The first-order valence-corrected chi connectivity index (χ1v) is 7.26. The van der Waals surface area contributed by atoms with Gasteiger partial charge in [-0.1, -0.05) is 0 Å². The van der Waals surface area contributed by atoms with Crippen molar-refractivity contribution in [2.75, 3.05) is 26.6 Å². The molecule has 1 heterocycles. The van der Waals surface area contributed by atoms with Crippen LogP contribution in [-0.4, -0.2) is 32.2 Å². The summed E-state index contributed by atoms with van der Waals surface area (Å²) >= 11 is 1.34. The number of nitrogens with one attached hydrogen (secondary N) is 1. The number of ether oxygens (including phenoxy) is 3. The van der Waals surface area contributed by atoms with Gasteiger partial charge in [0.1, 0.15) is 16.5 Å². The molecule has 1 aromatic heterocycles. The van der Waals surface area contributed by atoms with Crippen LogP contribution in [0.25, 0.3) is 0 Å². The maximum absolute atomic E-state index is 12.2. The number of hydrogen-bond donors (Lipinski definition) is 2. The Bertz CT molecular complexity index is 678. The lowest BCUT2D eigenvalue weighted by Crippen LogP contribution is -2.13. The Labute approximate surface area is 144 Å². The van der Waals surface area contributed by atoms with E-state index in [1.165, 1.54) is 32.7 Å². The monoisotopic (exact) mass is 359 g/mol. The van der Waals surface area contributed by atoms with Gasteiger partial charge in [0.15, 0.2) is 11.5 Å². The maximum atomic E-state index is 12.2. The molecule has 0 saturated heterocycles. The fourth-order valence-corrected chi connectivity index (χ4v) is 2.48. The van der Waals surface area contributed by atoms with Gasteiger partial charge in [-0.15, -0.1) is 23.7 Å². The van der Waals surface area contributed by atoms with E-state index in [0.29, 0.717) is 40.2 Å². The number of benzene rings is 1. The predicted octanol–water partition coefficient (Wildman–Crippen LogP) is 2.30. The average Bonchev–Trinajstić information content (AvgIpc) is 3.03. The van der Waals surface area contributed by atoms with Crippen molar-refractivity contribution in [3.8, 4) is 17.2 Å². The largest absolute Gasteiger partial charge is 0.494 e. The Morgan fingerprint density at radius 2 is 1.78 bits per heavy atom. The van der Waals surface area contributed by atoms with E-state index >= 15 is 0 Å². The molecule has 126 valence electrons. The fourth-order valence-electron chi connectivity index (χ4n) is 1.82. The minimum Gasteiger partial charge on any atom is -0.494 e. The van der Waals surface area contributed by atoms with Crippen molar-refractivity contribution in [1.29, 1.82) is 0 Å². The zero-order chi connectivity index (χ0) is 16.1. The van der Waals surface area contributed by atoms with Crippen molar-refractivity contribution in [3.63, 3.8) is 0 Å². The minimum atomic E-state index is -0.346. The molecular formula is C14H18ClN3O4S. The maximum Gasteiger partial charge on any atom is 0.275 e. The number of carbonyl (C=O) groups is 1. The third kappa shape index (κ3) is 4.25. The third-order valence-electron chi connectivity index (χ3n) is 2.91. The van der Waals surface area contributed by atoms with Crippen LogP contribution in [0.5, 0.6) is 17.2 Å². The van der Waals surface area contributed by atoms with Crippen molar-refractivity contribution in [3.05, 3.63) is 28.2 Å². The van der Waals surface area contributed by atoms with Crippen LogP contribution in [0.2, 0.25) is 0 Å². The van der Waals surface area contributed by atoms with Gasteiger partial charge in [0.05, 0.1) is 27.0 Å². The molecule has 0 spiro atoms. The molecule has 0 fully saturated rings. The molecule has 0 bridgehead atoms. The quantitative estimate of drug-likeness (QED) is 0.821. The summed E-state index contributed by atoms with van der Waals surface area (Å²) in [6.45, 7) is 0.303. The van der Waals surface area contributed by atoms with Gasteiger partial charge in [-0.05, 0) is 0 Å². The summed E-state index contributed by atoms with van der Waals surface area (Å²) < 4.78 is 15.7. The van der Waals surface area contributed by atoms with Crippen LogP contribution in [0.15, 0.2) is 17.5 Å². The molecule has 2 rings (SSSR count). The Kier molecular flexibility index (Phi) is 7.08. The van der Waals surface area contributed by atoms with Gasteiger partial charge < -0.3 is 25.3 Å². The number of methoxy groups -OCH3 is 3. The van der Waals surface area contributed by atoms with Gasteiger partial charge in [-0.2, -0.15) is 0 Å². The van der Waals surface area contributed by atoms with Crippen LogP contribution in [0, 0.1) is 0 Å². The summed E-state index contributed by atoms with van der Waals surface area (Å²) in [7, 11) is 4.55. The van der Waals surface area contributed by atoms with Crippen LogP contribution < -0.4 is 25.3 Å². The highest BCUT2D eigenvalue weighted by molar-refractivity contribution is 7.09. The van der Waals surface area contributed by atoms with Crippen molar-refractivity contribution < 1.29 is 19.0 Å². The van der Waals surface area contributed by atoms with E-state index in [9.17, 15) is 4.79 Å². The lowest BCUT2D eigenvalue weighted by Gasteiger charge is -2.14. The first kappa shape index (κ1) is 19.0. The fraction of sp³-hybridized carbons (Fsp3) is 0.286. The molecule has 0 atom stereocenters. The van der Waals surface area contributed by atoms with Crippen molar-refractivity contribution in [2.45, 2.75) is 6.54 Å². The molecule has 1 amide bonds. The number of amides is 1. The summed E-state index contributed by atoms with van der Waals surface area (Å²) in [5.41, 5.74) is 6.27. The lowest BCUT2D eigenvalue weighted by atomic mass is 10.2. The van der Waals surface area contributed by atoms with E-state index in [1.54, 1.807) is 17.5 Å². The van der Waals surface area contributed by atoms with Crippen LogP contribution >= 0.6 is 23.7 Å². The minimum absolute atomic E-state index is 0. The van der Waals surface area contributed by atoms with Crippen LogP contribution in [0.1, 0.15) is 15.5 Å². The molecule has 0 aliphatic rings. The first-order chi connectivity index (χ1) is 10.6. The average molecular weight is 360 g/mol. The summed E-state index contributed by atoms with van der Waals surface area (Å²) in [5, 5.41) is 5.10. The molecule has 23 heavy (non-hydrogen) atoms. The summed E-state index contributed by atoms with van der Waals surface area (Å²) in [6.07, 6.45) is 0. The molecule has 9 heteroatoms. The molecule has 0 aliphatic carbocycles. The number of nitrogens with zero attached hydrogens (tertiary/aromatic N) is 1. The Hall–Kier alpha value is -2.03.